The molecule has 0 atom stereocenters. The minimum Gasteiger partial charge on any atom is -0.457 e. The first-order valence-corrected chi connectivity index (χ1v) is 12.7. The third kappa shape index (κ3) is 5.97. The van der Waals surface area contributed by atoms with E-state index in [4.69, 9.17) is 44.3 Å². The summed E-state index contributed by atoms with van der Waals surface area (Å²) < 4.78 is 11.8. The van der Waals surface area contributed by atoms with Crippen LogP contribution in [0.1, 0.15) is 16.9 Å². The molecule has 0 aliphatic heterocycles. The van der Waals surface area contributed by atoms with E-state index in [0.29, 0.717) is 33.1 Å². The number of hydrogen-bond donors (Lipinski definition) is 2. The molecule has 2 heterocycles. The summed E-state index contributed by atoms with van der Waals surface area (Å²) >= 11 is 17.4. The average molecular weight is 562 g/mol. The van der Waals surface area contributed by atoms with Gasteiger partial charge in [0.05, 0.1) is 0 Å². The highest BCUT2D eigenvalue weighted by Crippen LogP contribution is 2.30. The lowest BCUT2D eigenvalue weighted by molar-refractivity contribution is -0.115. The van der Waals surface area contributed by atoms with E-state index in [1.54, 1.807) is 36.4 Å². The summed E-state index contributed by atoms with van der Waals surface area (Å²) in [5, 5.41) is 6.80. The first kappa shape index (κ1) is 25.7. The van der Waals surface area contributed by atoms with Gasteiger partial charge in [0.15, 0.2) is 10.7 Å². The topological polar surface area (TPSA) is 80.3 Å². The summed E-state index contributed by atoms with van der Waals surface area (Å²) in [5.41, 5.74) is 5.93. The van der Waals surface area contributed by atoms with Crippen molar-refractivity contribution in [3.05, 3.63) is 99.7 Å². The molecule has 5 rings (SSSR count). The zero-order valence-electron chi connectivity index (χ0n) is 20.3. The van der Waals surface area contributed by atoms with Gasteiger partial charge in [-0.2, -0.15) is 0 Å². The molecule has 2 aromatic heterocycles. The molecule has 0 fully saturated rings. The summed E-state index contributed by atoms with van der Waals surface area (Å²) in [4.78, 5) is 17.0. The van der Waals surface area contributed by atoms with Crippen LogP contribution in [0.3, 0.4) is 0 Å². The van der Waals surface area contributed by atoms with E-state index in [0.717, 1.165) is 33.4 Å². The lowest BCUT2D eigenvalue weighted by Gasteiger charge is -2.08. The second-order valence-electron chi connectivity index (χ2n) is 8.67. The molecule has 0 aliphatic carbocycles. The number of aryl methyl sites for hydroxylation is 2. The molecule has 0 saturated heterocycles. The third-order valence-electron chi connectivity index (χ3n) is 5.60. The zero-order chi connectivity index (χ0) is 26.8. The Balaban J connectivity index is 1.22. The number of benzene rings is 3. The first-order valence-electron chi connectivity index (χ1n) is 11.6. The van der Waals surface area contributed by atoms with E-state index in [1.165, 1.54) is 6.08 Å². The Labute approximate surface area is 234 Å². The predicted molar refractivity (Wildman–Crippen MR) is 156 cm³/mol. The van der Waals surface area contributed by atoms with Crippen molar-refractivity contribution in [1.29, 1.82) is 0 Å². The van der Waals surface area contributed by atoms with Gasteiger partial charge in [0.2, 0.25) is 11.8 Å². The van der Waals surface area contributed by atoms with Gasteiger partial charge in [0.1, 0.15) is 17.0 Å². The smallest absolute Gasteiger partial charge is 0.250 e. The van der Waals surface area contributed by atoms with Crippen LogP contribution in [0.4, 0.5) is 5.69 Å². The zero-order valence-corrected chi connectivity index (χ0v) is 22.7. The van der Waals surface area contributed by atoms with Crippen molar-refractivity contribution < 1.29 is 13.6 Å². The van der Waals surface area contributed by atoms with Crippen LogP contribution in [0.2, 0.25) is 10.0 Å². The van der Waals surface area contributed by atoms with Gasteiger partial charge >= 0.3 is 0 Å². The lowest BCUT2D eigenvalue weighted by Crippen LogP contribution is -2.32. The maximum atomic E-state index is 12.4. The van der Waals surface area contributed by atoms with Gasteiger partial charge in [-0.1, -0.05) is 35.3 Å². The highest BCUT2D eigenvalue weighted by molar-refractivity contribution is 7.80. The van der Waals surface area contributed by atoms with Crippen LogP contribution in [0, 0.1) is 13.8 Å². The molecule has 6 nitrogen and oxygen atoms in total. The average Bonchev–Trinajstić information content (AvgIpc) is 3.50. The lowest BCUT2D eigenvalue weighted by atomic mass is 10.1. The molecule has 9 heteroatoms. The monoisotopic (exact) mass is 561 g/mol. The molecule has 5 aromatic rings. The van der Waals surface area contributed by atoms with Crippen molar-refractivity contribution in [2.75, 3.05) is 5.32 Å². The number of aromatic nitrogens is 1. The maximum Gasteiger partial charge on any atom is 0.250 e. The number of furan rings is 1. The quantitative estimate of drug-likeness (QED) is 0.166. The van der Waals surface area contributed by atoms with E-state index in [-0.39, 0.29) is 5.11 Å². The number of carbonyl (C=O) groups is 1. The summed E-state index contributed by atoms with van der Waals surface area (Å²) in [6.45, 7) is 4.02. The van der Waals surface area contributed by atoms with Gasteiger partial charge in [-0.25, -0.2) is 4.98 Å². The molecule has 1 amide bonds. The molecule has 38 heavy (non-hydrogen) atoms. The number of amides is 1. The Bertz CT molecular complexity index is 1700. The van der Waals surface area contributed by atoms with Crippen molar-refractivity contribution >= 4 is 69.3 Å². The molecule has 0 unspecified atom stereocenters. The predicted octanol–water partition coefficient (Wildman–Crippen LogP) is 8.20. The molecular formula is C29H21Cl2N3O3S. The fraction of sp³-hybridized carbons (Fsp3) is 0.0690. The standard InChI is InChI=1S/C29H21Cl2N3O3S/c1-16-10-17(2)27-24(11-16)33-28(37-27)18-4-3-5-22(14-18)32-29(38)34-26(35)9-7-23-6-8-25(36-23)19-12-20(30)15-21(31)13-19/h3-15H,1-2H3,(H2,32,34,35,38)/b9-7+. The van der Waals surface area contributed by atoms with E-state index in [1.807, 2.05) is 44.2 Å². The second kappa shape index (κ2) is 10.8. The van der Waals surface area contributed by atoms with Crippen LogP contribution in [-0.4, -0.2) is 16.0 Å². The van der Waals surface area contributed by atoms with Gasteiger partial charge in [-0.15, -0.1) is 0 Å². The van der Waals surface area contributed by atoms with Crippen molar-refractivity contribution in [3.63, 3.8) is 0 Å². The van der Waals surface area contributed by atoms with Crippen LogP contribution >= 0.6 is 35.4 Å². The molecule has 0 aliphatic rings. The van der Waals surface area contributed by atoms with Crippen molar-refractivity contribution in [2.45, 2.75) is 13.8 Å². The number of oxazole rings is 1. The Morgan fingerprint density at radius 2 is 1.74 bits per heavy atom. The van der Waals surface area contributed by atoms with Gasteiger partial charge in [-0.3, -0.25) is 10.1 Å². The first-order chi connectivity index (χ1) is 18.2. The molecule has 0 bridgehead atoms. The van der Waals surface area contributed by atoms with Gasteiger partial charge in [0.25, 0.3) is 0 Å². The maximum absolute atomic E-state index is 12.4. The molecule has 3 aromatic carbocycles. The summed E-state index contributed by atoms with van der Waals surface area (Å²) in [6.07, 6.45) is 2.88. The van der Waals surface area contributed by atoms with Gasteiger partial charge in [-0.05, 0) is 97.9 Å². The molecule has 0 spiro atoms. The van der Waals surface area contributed by atoms with Crippen LogP contribution < -0.4 is 10.6 Å². The van der Waals surface area contributed by atoms with E-state index in [2.05, 4.69) is 21.7 Å². The van der Waals surface area contributed by atoms with Gasteiger partial charge in [0, 0.05) is 32.9 Å². The molecule has 190 valence electrons. The summed E-state index contributed by atoms with van der Waals surface area (Å²) in [5.74, 6) is 1.16. The molecule has 2 N–H and O–H groups in total. The Kier molecular flexibility index (Phi) is 7.33. The number of thiocarbonyl (C=S) groups is 1. The summed E-state index contributed by atoms with van der Waals surface area (Å²) in [7, 11) is 0. The molecule has 0 radical (unpaired) electrons. The Morgan fingerprint density at radius 3 is 2.53 bits per heavy atom. The van der Waals surface area contributed by atoms with Crippen LogP contribution in [0.15, 0.2) is 81.6 Å². The normalized spacial score (nSPS) is 11.3. The second-order valence-corrected chi connectivity index (χ2v) is 9.95. The van der Waals surface area contributed by atoms with Crippen molar-refractivity contribution in [3.8, 4) is 22.8 Å². The minimum atomic E-state index is -0.410. The highest BCUT2D eigenvalue weighted by atomic mass is 35.5. The van der Waals surface area contributed by atoms with Gasteiger partial charge < -0.3 is 14.2 Å². The fourth-order valence-corrected chi connectivity index (χ4v) is 4.74. The summed E-state index contributed by atoms with van der Waals surface area (Å²) in [6, 6.07) is 20.2. The van der Waals surface area contributed by atoms with Crippen molar-refractivity contribution in [2.24, 2.45) is 0 Å². The molecule has 0 saturated carbocycles. The van der Waals surface area contributed by atoms with E-state index < -0.39 is 5.91 Å². The third-order valence-corrected chi connectivity index (χ3v) is 6.24. The van der Waals surface area contributed by atoms with E-state index in [9.17, 15) is 4.79 Å². The number of fused-ring (bicyclic) bond motifs is 1. The largest absolute Gasteiger partial charge is 0.457 e. The minimum absolute atomic E-state index is 0.148. The van der Waals surface area contributed by atoms with Crippen LogP contribution in [0.25, 0.3) is 40.0 Å². The Morgan fingerprint density at radius 1 is 0.947 bits per heavy atom. The number of rotatable bonds is 5. The van der Waals surface area contributed by atoms with Crippen LogP contribution in [0.5, 0.6) is 0 Å². The van der Waals surface area contributed by atoms with Crippen molar-refractivity contribution in [1.82, 2.24) is 10.3 Å². The number of anilines is 1. The van der Waals surface area contributed by atoms with E-state index >= 15 is 0 Å². The number of halogens is 2. The number of nitrogens with one attached hydrogen (secondary N) is 2. The molecular weight excluding hydrogens is 541 g/mol. The Hall–Kier alpha value is -3.91. The number of carbonyl (C=O) groups excluding carboxylic acids is 1. The fourth-order valence-electron chi connectivity index (χ4n) is 4.00. The SMILES string of the molecule is Cc1cc(C)c2oc(-c3cccc(NC(=S)NC(=O)/C=C/c4ccc(-c5cc(Cl)cc(Cl)c5)o4)c3)nc2c1. The number of nitrogens with zero attached hydrogens (tertiary/aromatic N) is 1. The highest BCUT2D eigenvalue weighted by Gasteiger charge is 2.12. The number of hydrogen-bond acceptors (Lipinski definition) is 5. The van der Waals surface area contributed by atoms with Crippen LogP contribution in [-0.2, 0) is 4.79 Å².